The Morgan fingerprint density at radius 2 is 0.521 bits per heavy atom. The lowest BCUT2D eigenvalue weighted by molar-refractivity contribution is -0.138. The zero-order chi connectivity index (χ0) is 67.3. The van der Waals surface area contributed by atoms with Crippen molar-refractivity contribution in [2.24, 2.45) is 0 Å². The third kappa shape index (κ3) is 21.5. The molecule has 21 heteroatoms. The van der Waals surface area contributed by atoms with Crippen molar-refractivity contribution in [3.8, 4) is 28.3 Å². The number of nitriles is 1. The van der Waals surface area contributed by atoms with Gasteiger partial charge in [0.1, 0.15) is 0 Å². The van der Waals surface area contributed by atoms with Gasteiger partial charge in [0.25, 0.3) is 0 Å². The van der Waals surface area contributed by atoms with Crippen LogP contribution in [0.4, 0.5) is 69.8 Å². The number of nitrogens with one attached hydrogen (secondary N) is 6. The molecule has 0 atom stereocenters. The van der Waals surface area contributed by atoms with Crippen LogP contribution in [0.2, 0.25) is 0 Å². The third-order valence-corrected chi connectivity index (χ3v) is 14.1. The molecule has 0 amide bonds. The zero-order valence-electron chi connectivity index (χ0n) is 52.2. The first-order valence-corrected chi connectivity index (χ1v) is 30.3. The predicted molar refractivity (Wildman–Crippen MR) is 373 cm³/mol. The molecule has 0 saturated carbocycles. The van der Waals surface area contributed by atoms with E-state index in [1.54, 1.807) is 24.3 Å². The number of esters is 4. The molecule has 0 aliphatic heterocycles. The molecule has 0 fully saturated rings. The van der Waals surface area contributed by atoms with E-state index in [0.717, 1.165) is 86.1 Å². The van der Waals surface area contributed by atoms with Gasteiger partial charge in [-0.15, -0.1) is 0 Å². The van der Waals surface area contributed by atoms with Gasteiger partial charge in [0.05, 0.1) is 38.1 Å². The molecule has 0 saturated heterocycles. The van der Waals surface area contributed by atoms with Crippen molar-refractivity contribution in [2.45, 2.75) is 25.7 Å². The van der Waals surface area contributed by atoms with E-state index in [2.05, 4.69) is 143 Å². The molecule has 480 valence electrons. The summed E-state index contributed by atoms with van der Waals surface area (Å²) in [6, 6.07) is 66.5. The van der Waals surface area contributed by atoms with Gasteiger partial charge in [-0.05, 0) is 129 Å². The Balaban J connectivity index is 0.000000231. The maximum absolute atomic E-state index is 11.4. The quantitative estimate of drug-likeness (QED) is 0.0139. The summed E-state index contributed by atoms with van der Waals surface area (Å²) in [6.45, 7) is 14.7. The number of rotatable bonds is 30. The number of benzene rings is 8. The summed E-state index contributed by atoms with van der Waals surface area (Å²) in [6.07, 6.45) is 6.85. The fourth-order valence-electron chi connectivity index (χ4n) is 9.05. The molecule has 2 aromatic heterocycles. The fourth-order valence-corrected chi connectivity index (χ4v) is 9.05. The number of carbonyl (C=O) groups is 4. The van der Waals surface area contributed by atoms with Gasteiger partial charge in [-0.3, -0.25) is 0 Å². The Kier molecular flexibility index (Phi) is 24.5. The van der Waals surface area contributed by atoms with Crippen LogP contribution in [-0.2, 0) is 63.8 Å². The largest absolute Gasteiger partial charge is 0.462 e. The molecular formula is C75H67N13O8. The van der Waals surface area contributed by atoms with Crippen molar-refractivity contribution in [1.29, 1.82) is 5.26 Å². The lowest BCUT2D eigenvalue weighted by atomic mass is 10.0. The molecule has 0 spiro atoms. The Hall–Kier alpha value is -13.1. The normalized spacial score (nSPS) is 10.3. The minimum atomic E-state index is -0.453. The standard InChI is InChI=1S/C43H38N6O4.C32H29N7O4/c1-3-39(50)52-28-26-30-10-20-36(21-11-30)44-41-47-42(45-37-22-12-31(13-23-37)27-29-53-40(51)4-2)49-43(48-41)46-38-24-18-35(19-25-38)34-16-14-33(15-17-34)32-8-6-5-7-9-32;1-3-28(40)42-19-17-22-5-11-25(12-6-22)34-30-37-31(39-32(38-30)36-27-15-9-24(21-33)10-16-27)35-26-13-7-23(8-14-26)18-20-43-29(41)4-2/h3-25H,1-2,26-29H2,(H3,44,45,46,47,48,49);3-16H,1-2,17-20H2,(H3,34,35,36,37,38,39). The van der Waals surface area contributed by atoms with Gasteiger partial charge >= 0.3 is 23.9 Å². The molecule has 6 N–H and O–H groups in total. The molecule has 0 radical (unpaired) electrons. The lowest BCUT2D eigenvalue weighted by Gasteiger charge is -2.13. The molecule has 2 heterocycles. The Morgan fingerprint density at radius 3 is 0.750 bits per heavy atom. The average molecular weight is 1280 g/mol. The maximum atomic E-state index is 11.4. The van der Waals surface area contributed by atoms with Crippen LogP contribution in [0.1, 0.15) is 27.8 Å². The highest BCUT2D eigenvalue weighted by Gasteiger charge is 2.13. The van der Waals surface area contributed by atoms with Gasteiger partial charge in [-0.25, -0.2) is 19.2 Å². The van der Waals surface area contributed by atoms with Crippen LogP contribution >= 0.6 is 0 Å². The van der Waals surface area contributed by atoms with Gasteiger partial charge < -0.3 is 50.8 Å². The van der Waals surface area contributed by atoms with Crippen molar-refractivity contribution >= 4 is 93.7 Å². The van der Waals surface area contributed by atoms with Crippen LogP contribution in [0, 0.1) is 11.3 Å². The van der Waals surface area contributed by atoms with Crippen LogP contribution in [0.25, 0.3) is 22.3 Å². The first-order chi connectivity index (χ1) is 46.9. The number of hydrogen-bond donors (Lipinski definition) is 6. The Morgan fingerprint density at radius 1 is 0.312 bits per heavy atom. The SMILES string of the molecule is C=CC(=O)OCCc1ccc(Nc2nc(Nc3ccc(C#N)cc3)nc(Nc3ccc(CCOC(=O)C=C)cc3)n2)cc1.C=CC(=O)OCCc1ccc(Nc2nc(Nc3ccc(CCOC(=O)C=C)cc3)nc(Nc3ccc(-c4ccc(-c5ccccc5)cc4)cc3)n2)cc1. The molecule has 8 aromatic carbocycles. The first kappa shape index (κ1) is 67.3. The van der Waals surface area contributed by atoms with E-state index >= 15 is 0 Å². The second-order valence-corrected chi connectivity index (χ2v) is 20.8. The zero-order valence-corrected chi connectivity index (χ0v) is 52.2. The highest BCUT2D eigenvalue weighted by atomic mass is 16.5. The molecule has 21 nitrogen and oxygen atoms in total. The lowest BCUT2D eigenvalue weighted by Crippen LogP contribution is -2.08. The number of ether oxygens (including phenoxy) is 4. The summed E-state index contributed by atoms with van der Waals surface area (Å²) in [7, 11) is 0. The highest BCUT2D eigenvalue weighted by Crippen LogP contribution is 2.29. The van der Waals surface area contributed by atoms with Crippen molar-refractivity contribution in [1.82, 2.24) is 29.9 Å². The Labute approximate surface area is 555 Å². The van der Waals surface area contributed by atoms with E-state index in [1.165, 1.54) is 11.1 Å². The molecule has 10 aromatic rings. The number of nitrogens with zero attached hydrogens (tertiary/aromatic N) is 7. The van der Waals surface area contributed by atoms with Crippen LogP contribution < -0.4 is 31.9 Å². The molecule has 0 bridgehead atoms. The highest BCUT2D eigenvalue weighted by molar-refractivity contribution is 5.82. The fraction of sp³-hybridized carbons (Fsp3) is 0.107. The van der Waals surface area contributed by atoms with Gasteiger partial charge in [0.15, 0.2) is 0 Å². The van der Waals surface area contributed by atoms with Crippen molar-refractivity contribution in [3.63, 3.8) is 0 Å². The molecule has 0 aliphatic carbocycles. The smallest absolute Gasteiger partial charge is 0.330 e. The molecule has 0 unspecified atom stereocenters. The Bertz CT molecular complexity index is 4140. The van der Waals surface area contributed by atoms with E-state index < -0.39 is 23.9 Å². The summed E-state index contributed by atoms with van der Waals surface area (Å²) in [5, 5.41) is 28.5. The van der Waals surface area contributed by atoms with Gasteiger partial charge in [-0.1, -0.05) is 142 Å². The van der Waals surface area contributed by atoms with E-state index in [4.69, 9.17) is 24.2 Å². The monoisotopic (exact) mass is 1280 g/mol. The minimum absolute atomic E-state index is 0.258. The van der Waals surface area contributed by atoms with Crippen LogP contribution in [0.15, 0.2) is 251 Å². The van der Waals surface area contributed by atoms with E-state index in [9.17, 15) is 19.2 Å². The molecular weight excluding hydrogens is 1210 g/mol. The van der Waals surface area contributed by atoms with Crippen molar-refractivity contribution in [3.05, 3.63) is 279 Å². The summed E-state index contributed by atoms with van der Waals surface area (Å²) < 4.78 is 20.3. The average Bonchev–Trinajstić information content (AvgIpc) is 1.08. The van der Waals surface area contributed by atoms with Gasteiger partial charge in [0.2, 0.25) is 35.7 Å². The number of carbonyl (C=O) groups excluding carboxylic acids is 4. The summed E-state index contributed by atoms with van der Waals surface area (Å²) >= 11 is 0. The summed E-state index contributed by atoms with van der Waals surface area (Å²) in [5.74, 6) is 0.0670. The van der Waals surface area contributed by atoms with Crippen LogP contribution in [-0.4, -0.2) is 80.2 Å². The topological polar surface area (TPSA) is 279 Å². The molecule has 0 aliphatic rings. The van der Waals surface area contributed by atoms with E-state index in [1.807, 2.05) is 127 Å². The third-order valence-electron chi connectivity index (χ3n) is 14.1. The number of hydrogen-bond acceptors (Lipinski definition) is 21. The minimum Gasteiger partial charge on any atom is -0.462 e. The van der Waals surface area contributed by atoms with Crippen molar-refractivity contribution in [2.75, 3.05) is 58.3 Å². The maximum Gasteiger partial charge on any atom is 0.330 e. The number of aromatic nitrogens is 6. The van der Waals surface area contributed by atoms with Crippen LogP contribution in [0.3, 0.4) is 0 Å². The van der Waals surface area contributed by atoms with E-state index in [0.29, 0.717) is 66.7 Å². The summed E-state index contributed by atoms with van der Waals surface area (Å²) in [5.41, 5.74) is 13.6. The van der Waals surface area contributed by atoms with Crippen molar-refractivity contribution < 1.29 is 38.1 Å². The predicted octanol–water partition coefficient (Wildman–Crippen LogP) is 14.5. The molecule has 10 rings (SSSR count). The second-order valence-electron chi connectivity index (χ2n) is 20.8. The second kappa shape index (κ2) is 34.9. The summed E-state index contributed by atoms with van der Waals surface area (Å²) in [4.78, 5) is 72.7. The first-order valence-electron chi connectivity index (χ1n) is 30.3. The molecule has 96 heavy (non-hydrogen) atoms. The van der Waals surface area contributed by atoms with Gasteiger partial charge in [-0.2, -0.15) is 35.2 Å². The van der Waals surface area contributed by atoms with E-state index in [-0.39, 0.29) is 32.4 Å². The van der Waals surface area contributed by atoms with Crippen LogP contribution in [0.5, 0.6) is 0 Å². The van der Waals surface area contributed by atoms with Gasteiger partial charge in [0, 0.05) is 84.1 Å². The number of anilines is 12.